The third-order valence-electron chi connectivity index (χ3n) is 3.78. The lowest BCUT2D eigenvalue weighted by atomic mass is 10.0. The SMILES string of the molecule is Cc1ccc(NC(=O)C(NC(=O)c2ccco2)C(C)C)cc1NS(C)(=O)=O. The second kappa shape index (κ2) is 8.26. The topological polar surface area (TPSA) is 118 Å². The molecule has 0 fully saturated rings. The van der Waals surface area contributed by atoms with Gasteiger partial charge < -0.3 is 15.1 Å². The van der Waals surface area contributed by atoms with E-state index in [1.165, 1.54) is 18.4 Å². The molecular formula is C18H23N3O5S. The van der Waals surface area contributed by atoms with Gasteiger partial charge in [-0.25, -0.2) is 8.42 Å². The summed E-state index contributed by atoms with van der Waals surface area (Å²) in [4.78, 5) is 24.8. The van der Waals surface area contributed by atoms with Gasteiger partial charge in [0.2, 0.25) is 15.9 Å². The van der Waals surface area contributed by atoms with Crippen molar-refractivity contribution >= 4 is 33.2 Å². The van der Waals surface area contributed by atoms with E-state index in [0.29, 0.717) is 16.9 Å². The molecule has 0 aliphatic heterocycles. The number of carbonyl (C=O) groups excluding carboxylic acids is 2. The Balaban J connectivity index is 2.15. The summed E-state index contributed by atoms with van der Waals surface area (Å²) in [5.41, 5.74) is 1.50. The van der Waals surface area contributed by atoms with E-state index >= 15 is 0 Å². The quantitative estimate of drug-likeness (QED) is 0.667. The van der Waals surface area contributed by atoms with Gasteiger partial charge in [0, 0.05) is 5.69 Å². The van der Waals surface area contributed by atoms with Crippen molar-refractivity contribution in [1.29, 1.82) is 0 Å². The molecule has 0 spiro atoms. The van der Waals surface area contributed by atoms with Gasteiger partial charge in [-0.2, -0.15) is 0 Å². The zero-order valence-corrected chi connectivity index (χ0v) is 16.4. The average Bonchev–Trinajstić information content (AvgIpc) is 3.08. The second-order valence-electron chi connectivity index (χ2n) is 6.57. The van der Waals surface area contributed by atoms with E-state index in [4.69, 9.17) is 4.42 Å². The molecule has 8 nitrogen and oxygen atoms in total. The molecule has 9 heteroatoms. The van der Waals surface area contributed by atoms with Crippen molar-refractivity contribution in [2.24, 2.45) is 5.92 Å². The highest BCUT2D eigenvalue weighted by molar-refractivity contribution is 7.92. The standard InChI is InChI=1S/C18H23N3O5S/c1-11(2)16(20-17(22)15-6-5-9-26-15)18(23)19-13-8-7-12(3)14(10-13)21-27(4,24)25/h5-11,16,21H,1-4H3,(H,19,23)(H,20,22). The van der Waals surface area contributed by atoms with Gasteiger partial charge in [-0.1, -0.05) is 19.9 Å². The van der Waals surface area contributed by atoms with Crippen LogP contribution in [-0.2, 0) is 14.8 Å². The molecule has 2 rings (SSSR count). The molecule has 1 atom stereocenters. The van der Waals surface area contributed by atoms with E-state index in [0.717, 1.165) is 6.26 Å². The highest BCUT2D eigenvalue weighted by Crippen LogP contribution is 2.21. The van der Waals surface area contributed by atoms with Crippen LogP contribution in [0.5, 0.6) is 0 Å². The number of amides is 2. The van der Waals surface area contributed by atoms with Gasteiger partial charge in [0.25, 0.3) is 5.91 Å². The van der Waals surface area contributed by atoms with Crippen LogP contribution in [0.1, 0.15) is 30.0 Å². The smallest absolute Gasteiger partial charge is 0.287 e. The Morgan fingerprint density at radius 2 is 1.85 bits per heavy atom. The molecule has 1 unspecified atom stereocenters. The van der Waals surface area contributed by atoms with E-state index in [2.05, 4.69) is 15.4 Å². The number of aryl methyl sites for hydroxylation is 1. The summed E-state index contributed by atoms with van der Waals surface area (Å²) in [5.74, 6) is -0.970. The molecule has 0 saturated heterocycles. The van der Waals surface area contributed by atoms with Crippen LogP contribution in [0.15, 0.2) is 41.0 Å². The summed E-state index contributed by atoms with van der Waals surface area (Å²) in [5, 5.41) is 5.36. The lowest BCUT2D eigenvalue weighted by molar-refractivity contribution is -0.118. The number of hydrogen-bond donors (Lipinski definition) is 3. The maximum absolute atomic E-state index is 12.6. The summed E-state index contributed by atoms with van der Waals surface area (Å²) >= 11 is 0. The summed E-state index contributed by atoms with van der Waals surface area (Å²) in [6.07, 6.45) is 2.43. The fourth-order valence-corrected chi connectivity index (χ4v) is 3.00. The van der Waals surface area contributed by atoms with Crippen molar-refractivity contribution in [2.75, 3.05) is 16.3 Å². The maximum Gasteiger partial charge on any atom is 0.287 e. The number of hydrogen-bond acceptors (Lipinski definition) is 5. The zero-order chi connectivity index (χ0) is 20.2. The van der Waals surface area contributed by atoms with Gasteiger partial charge in [-0.05, 0) is 42.7 Å². The highest BCUT2D eigenvalue weighted by atomic mass is 32.2. The van der Waals surface area contributed by atoms with Crippen LogP contribution in [0, 0.1) is 12.8 Å². The first-order valence-electron chi connectivity index (χ1n) is 8.30. The monoisotopic (exact) mass is 393 g/mol. The molecule has 146 valence electrons. The number of rotatable bonds is 7. The van der Waals surface area contributed by atoms with Crippen LogP contribution in [0.4, 0.5) is 11.4 Å². The fraction of sp³-hybridized carbons (Fsp3) is 0.333. The van der Waals surface area contributed by atoms with Crippen molar-refractivity contribution in [1.82, 2.24) is 5.32 Å². The molecule has 3 N–H and O–H groups in total. The predicted octanol–water partition coefficient (Wildman–Crippen LogP) is 2.35. The Morgan fingerprint density at radius 3 is 2.41 bits per heavy atom. The zero-order valence-electron chi connectivity index (χ0n) is 15.6. The average molecular weight is 393 g/mol. The van der Waals surface area contributed by atoms with E-state index in [1.807, 2.05) is 0 Å². The van der Waals surface area contributed by atoms with E-state index in [-0.39, 0.29) is 11.7 Å². The number of nitrogens with one attached hydrogen (secondary N) is 3. The number of anilines is 2. The Kier molecular flexibility index (Phi) is 6.27. The van der Waals surface area contributed by atoms with Gasteiger partial charge in [-0.15, -0.1) is 0 Å². The molecule has 0 bridgehead atoms. The summed E-state index contributed by atoms with van der Waals surface area (Å²) in [6, 6.07) is 7.17. The van der Waals surface area contributed by atoms with Crippen LogP contribution < -0.4 is 15.4 Å². The normalized spacial score (nSPS) is 12.5. The third kappa shape index (κ3) is 5.85. The minimum atomic E-state index is -3.45. The van der Waals surface area contributed by atoms with Crippen LogP contribution in [-0.4, -0.2) is 32.5 Å². The number of furan rings is 1. The molecule has 0 radical (unpaired) electrons. The second-order valence-corrected chi connectivity index (χ2v) is 8.31. The molecule has 0 aliphatic carbocycles. The number of benzene rings is 1. The van der Waals surface area contributed by atoms with Crippen molar-refractivity contribution in [2.45, 2.75) is 26.8 Å². The fourth-order valence-electron chi connectivity index (χ4n) is 2.38. The van der Waals surface area contributed by atoms with Gasteiger partial charge in [0.15, 0.2) is 5.76 Å². The summed E-state index contributed by atoms with van der Waals surface area (Å²) < 4.78 is 30.4. The third-order valence-corrected chi connectivity index (χ3v) is 4.37. The summed E-state index contributed by atoms with van der Waals surface area (Å²) in [7, 11) is -3.45. The van der Waals surface area contributed by atoms with Gasteiger partial charge in [0.05, 0.1) is 18.2 Å². The number of sulfonamides is 1. The van der Waals surface area contributed by atoms with Crippen LogP contribution in [0.3, 0.4) is 0 Å². The van der Waals surface area contributed by atoms with Crippen molar-refractivity contribution < 1.29 is 22.4 Å². The predicted molar refractivity (Wildman–Crippen MR) is 103 cm³/mol. The van der Waals surface area contributed by atoms with Gasteiger partial charge in [-0.3, -0.25) is 14.3 Å². The minimum Gasteiger partial charge on any atom is -0.459 e. The molecule has 1 aromatic heterocycles. The Hall–Kier alpha value is -2.81. The Morgan fingerprint density at radius 1 is 1.15 bits per heavy atom. The molecule has 0 aliphatic rings. The highest BCUT2D eigenvalue weighted by Gasteiger charge is 2.25. The number of carbonyl (C=O) groups is 2. The first kappa shape index (κ1) is 20.5. The van der Waals surface area contributed by atoms with Gasteiger partial charge in [0.1, 0.15) is 6.04 Å². The van der Waals surface area contributed by atoms with Crippen LogP contribution in [0.25, 0.3) is 0 Å². The lowest BCUT2D eigenvalue weighted by Gasteiger charge is -2.21. The molecule has 1 heterocycles. The lowest BCUT2D eigenvalue weighted by Crippen LogP contribution is -2.47. The molecule has 0 saturated carbocycles. The first-order chi connectivity index (χ1) is 12.6. The first-order valence-corrected chi connectivity index (χ1v) is 10.2. The van der Waals surface area contributed by atoms with Crippen molar-refractivity contribution in [3.63, 3.8) is 0 Å². The Bertz CT molecular complexity index is 920. The van der Waals surface area contributed by atoms with Crippen LogP contribution >= 0.6 is 0 Å². The molecule has 27 heavy (non-hydrogen) atoms. The van der Waals surface area contributed by atoms with E-state index in [9.17, 15) is 18.0 Å². The van der Waals surface area contributed by atoms with Gasteiger partial charge >= 0.3 is 0 Å². The van der Waals surface area contributed by atoms with E-state index in [1.54, 1.807) is 39.0 Å². The summed E-state index contributed by atoms with van der Waals surface area (Å²) in [6.45, 7) is 5.36. The molecule has 2 aromatic rings. The van der Waals surface area contributed by atoms with Crippen LogP contribution in [0.2, 0.25) is 0 Å². The van der Waals surface area contributed by atoms with Crippen molar-refractivity contribution in [3.05, 3.63) is 47.9 Å². The maximum atomic E-state index is 12.6. The molecular weight excluding hydrogens is 370 g/mol. The molecule has 2 amide bonds. The molecule has 1 aromatic carbocycles. The largest absolute Gasteiger partial charge is 0.459 e. The Labute approximate surface area is 158 Å². The van der Waals surface area contributed by atoms with Crippen molar-refractivity contribution in [3.8, 4) is 0 Å². The van der Waals surface area contributed by atoms with E-state index < -0.39 is 27.9 Å². The minimum absolute atomic E-state index is 0.114.